The highest BCUT2D eigenvalue weighted by Crippen LogP contribution is 2.49. The largest absolute Gasteiger partial charge is 0.373 e. The first kappa shape index (κ1) is 13.4. The van der Waals surface area contributed by atoms with E-state index in [-0.39, 0.29) is 11.9 Å². The van der Waals surface area contributed by atoms with Gasteiger partial charge in [0.25, 0.3) is 5.91 Å². The van der Waals surface area contributed by atoms with E-state index in [9.17, 15) is 4.79 Å². The molecule has 2 N–H and O–H groups in total. The number of aromatic nitrogens is 1. The van der Waals surface area contributed by atoms with Gasteiger partial charge in [0.2, 0.25) is 0 Å². The van der Waals surface area contributed by atoms with Gasteiger partial charge in [-0.2, -0.15) is 0 Å². The van der Waals surface area contributed by atoms with Crippen LogP contribution in [0.5, 0.6) is 0 Å². The summed E-state index contributed by atoms with van der Waals surface area (Å²) in [5.41, 5.74) is 0.680. The zero-order valence-corrected chi connectivity index (χ0v) is 12.2. The van der Waals surface area contributed by atoms with E-state index >= 15 is 0 Å². The number of carbonyl (C=O) groups is 1. The number of nitrogens with zero attached hydrogens (tertiary/aromatic N) is 1. The molecule has 2 aliphatic carbocycles. The summed E-state index contributed by atoms with van der Waals surface area (Å²) in [5, 5.41) is 6.14. The van der Waals surface area contributed by atoms with Crippen molar-refractivity contribution in [1.29, 1.82) is 0 Å². The first-order valence-corrected chi connectivity index (χ1v) is 7.62. The molecule has 2 fully saturated rings. The van der Waals surface area contributed by atoms with Crippen LogP contribution in [-0.4, -0.2) is 24.0 Å². The van der Waals surface area contributed by atoms with Gasteiger partial charge in [0, 0.05) is 24.8 Å². The number of hydrogen-bond donors (Lipinski definition) is 2. The molecule has 1 amide bonds. The molecule has 2 saturated carbocycles. The third-order valence-corrected chi connectivity index (χ3v) is 5.07. The highest BCUT2D eigenvalue weighted by atomic mass is 16.1. The van der Waals surface area contributed by atoms with E-state index in [4.69, 9.17) is 0 Å². The number of rotatable bonds is 4. The Labute approximate surface area is 120 Å². The maximum atomic E-state index is 12.3. The lowest BCUT2D eigenvalue weighted by molar-refractivity contribution is 0.0915. The maximum Gasteiger partial charge on any atom is 0.251 e. The minimum absolute atomic E-state index is 0.0131. The van der Waals surface area contributed by atoms with Gasteiger partial charge >= 0.3 is 0 Å². The van der Waals surface area contributed by atoms with Crippen molar-refractivity contribution in [3.8, 4) is 0 Å². The molecule has 4 nitrogen and oxygen atoms in total. The summed E-state index contributed by atoms with van der Waals surface area (Å²) >= 11 is 0. The number of amides is 1. The van der Waals surface area contributed by atoms with Gasteiger partial charge in [0.15, 0.2) is 0 Å². The van der Waals surface area contributed by atoms with Gasteiger partial charge in [-0.25, -0.2) is 4.98 Å². The molecule has 108 valence electrons. The second-order valence-electron chi connectivity index (χ2n) is 6.28. The Bertz CT molecular complexity index is 502. The Kier molecular flexibility index (Phi) is 3.64. The number of pyridine rings is 1. The monoisotopic (exact) mass is 273 g/mol. The molecule has 3 rings (SSSR count). The van der Waals surface area contributed by atoms with Crippen LogP contribution in [0.1, 0.15) is 43.0 Å². The van der Waals surface area contributed by atoms with E-state index in [0.717, 1.165) is 17.7 Å². The van der Waals surface area contributed by atoms with Gasteiger partial charge in [0.05, 0.1) is 0 Å². The SMILES string of the molecule is CNc1cc(C(=O)NC(C)C2CC3CCC2C3)ccn1. The van der Waals surface area contributed by atoms with Gasteiger partial charge in [0.1, 0.15) is 5.82 Å². The van der Waals surface area contributed by atoms with E-state index in [1.165, 1.54) is 25.7 Å². The van der Waals surface area contributed by atoms with E-state index < -0.39 is 0 Å². The fourth-order valence-corrected chi connectivity index (χ4v) is 4.01. The Morgan fingerprint density at radius 2 is 2.25 bits per heavy atom. The van der Waals surface area contributed by atoms with Crippen LogP contribution in [-0.2, 0) is 0 Å². The molecule has 4 unspecified atom stereocenters. The third-order valence-electron chi connectivity index (χ3n) is 5.07. The Morgan fingerprint density at radius 1 is 1.40 bits per heavy atom. The predicted octanol–water partition coefficient (Wildman–Crippen LogP) is 2.68. The highest BCUT2D eigenvalue weighted by molar-refractivity contribution is 5.94. The third kappa shape index (κ3) is 2.51. The second-order valence-corrected chi connectivity index (χ2v) is 6.28. The van der Waals surface area contributed by atoms with Crippen LogP contribution in [0.3, 0.4) is 0 Å². The predicted molar refractivity (Wildman–Crippen MR) is 79.6 cm³/mol. The summed E-state index contributed by atoms with van der Waals surface area (Å²) in [7, 11) is 1.81. The van der Waals surface area contributed by atoms with Crippen molar-refractivity contribution in [3.05, 3.63) is 23.9 Å². The van der Waals surface area contributed by atoms with E-state index in [2.05, 4.69) is 22.5 Å². The van der Waals surface area contributed by atoms with E-state index in [1.807, 2.05) is 7.05 Å². The quantitative estimate of drug-likeness (QED) is 0.887. The molecule has 1 aromatic rings. The lowest BCUT2D eigenvalue weighted by Gasteiger charge is -2.28. The summed E-state index contributed by atoms with van der Waals surface area (Å²) in [5.74, 6) is 3.16. The van der Waals surface area contributed by atoms with Gasteiger partial charge in [-0.1, -0.05) is 6.42 Å². The number of hydrogen-bond acceptors (Lipinski definition) is 3. The Balaban J connectivity index is 1.63. The van der Waals surface area contributed by atoms with Crippen LogP contribution in [0.2, 0.25) is 0 Å². The summed E-state index contributed by atoms with van der Waals surface area (Å²) in [6, 6.07) is 3.83. The van der Waals surface area contributed by atoms with Crippen LogP contribution < -0.4 is 10.6 Å². The van der Waals surface area contributed by atoms with Crippen molar-refractivity contribution in [2.24, 2.45) is 17.8 Å². The molecule has 4 heteroatoms. The molecular weight excluding hydrogens is 250 g/mol. The average Bonchev–Trinajstić information content (AvgIpc) is 3.10. The van der Waals surface area contributed by atoms with Crippen LogP contribution >= 0.6 is 0 Å². The first-order chi connectivity index (χ1) is 9.67. The summed E-state index contributed by atoms with van der Waals surface area (Å²) in [4.78, 5) is 16.5. The zero-order valence-electron chi connectivity index (χ0n) is 12.2. The molecule has 0 aromatic carbocycles. The molecule has 4 atom stereocenters. The molecular formula is C16H23N3O. The molecule has 2 aliphatic rings. The standard InChI is InChI=1S/C16H23N3O/c1-10(14-8-11-3-4-12(14)7-11)19-16(20)13-5-6-18-15(9-13)17-2/h5-6,9-12,14H,3-4,7-8H2,1-2H3,(H,17,18)(H,19,20). The minimum atomic E-state index is 0.0131. The van der Waals surface area contributed by atoms with Crippen LogP contribution in [0, 0.1) is 17.8 Å². The minimum Gasteiger partial charge on any atom is -0.373 e. The average molecular weight is 273 g/mol. The molecule has 2 bridgehead atoms. The normalized spacial score (nSPS) is 29.2. The highest BCUT2D eigenvalue weighted by Gasteiger charge is 2.42. The fourth-order valence-electron chi connectivity index (χ4n) is 4.01. The molecule has 1 aromatic heterocycles. The first-order valence-electron chi connectivity index (χ1n) is 7.62. The molecule has 0 saturated heterocycles. The van der Waals surface area contributed by atoms with Crippen LogP contribution in [0.4, 0.5) is 5.82 Å². The van der Waals surface area contributed by atoms with Crippen LogP contribution in [0.25, 0.3) is 0 Å². The molecule has 20 heavy (non-hydrogen) atoms. The van der Waals surface area contributed by atoms with Crippen molar-refractivity contribution < 1.29 is 4.79 Å². The van der Waals surface area contributed by atoms with Crippen molar-refractivity contribution in [1.82, 2.24) is 10.3 Å². The topological polar surface area (TPSA) is 54.0 Å². The van der Waals surface area contributed by atoms with E-state index in [1.54, 1.807) is 18.3 Å². The van der Waals surface area contributed by atoms with Crippen molar-refractivity contribution in [2.45, 2.75) is 38.6 Å². The van der Waals surface area contributed by atoms with Gasteiger partial charge in [-0.3, -0.25) is 4.79 Å². The number of fused-ring (bicyclic) bond motifs is 2. The van der Waals surface area contributed by atoms with Crippen molar-refractivity contribution in [3.63, 3.8) is 0 Å². The Morgan fingerprint density at radius 3 is 2.90 bits per heavy atom. The Hall–Kier alpha value is -1.58. The maximum absolute atomic E-state index is 12.3. The second kappa shape index (κ2) is 5.43. The molecule has 0 aliphatic heterocycles. The fraction of sp³-hybridized carbons (Fsp3) is 0.625. The number of anilines is 1. The molecule has 0 spiro atoms. The van der Waals surface area contributed by atoms with Gasteiger partial charge in [-0.15, -0.1) is 0 Å². The smallest absolute Gasteiger partial charge is 0.251 e. The molecule has 0 radical (unpaired) electrons. The summed E-state index contributed by atoms with van der Waals surface area (Å²) < 4.78 is 0. The van der Waals surface area contributed by atoms with Crippen molar-refractivity contribution >= 4 is 11.7 Å². The van der Waals surface area contributed by atoms with E-state index in [0.29, 0.717) is 11.5 Å². The zero-order chi connectivity index (χ0) is 14.1. The summed E-state index contributed by atoms with van der Waals surface area (Å²) in [6.07, 6.45) is 7.10. The van der Waals surface area contributed by atoms with Crippen LogP contribution in [0.15, 0.2) is 18.3 Å². The molecule has 1 heterocycles. The van der Waals surface area contributed by atoms with Gasteiger partial charge < -0.3 is 10.6 Å². The lowest BCUT2D eigenvalue weighted by atomic mass is 9.84. The van der Waals surface area contributed by atoms with Gasteiger partial charge in [-0.05, 0) is 56.1 Å². The van der Waals surface area contributed by atoms with Crippen molar-refractivity contribution in [2.75, 3.05) is 12.4 Å². The number of nitrogens with one attached hydrogen (secondary N) is 2. The number of carbonyl (C=O) groups excluding carboxylic acids is 1. The summed E-state index contributed by atoms with van der Waals surface area (Å²) in [6.45, 7) is 2.16. The lowest BCUT2D eigenvalue weighted by Crippen LogP contribution is -2.40.